The third-order valence-corrected chi connectivity index (χ3v) is 4.12. The molecule has 0 bridgehead atoms. The van der Waals surface area contributed by atoms with Crippen LogP contribution in [0.4, 0.5) is 5.69 Å². The summed E-state index contributed by atoms with van der Waals surface area (Å²) in [4.78, 5) is 15.9. The average molecular weight is 404 g/mol. The molecule has 1 aromatic carbocycles. The van der Waals surface area contributed by atoms with Crippen LogP contribution in [0.25, 0.3) is 0 Å². The van der Waals surface area contributed by atoms with Crippen molar-refractivity contribution in [1.82, 2.24) is 10.4 Å². The molecule has 0 aliphatic rings. The van der Waals surface area contributed by atoms with E-state index in [2.05, 4.69) is 15.5 Å². The molecule has 1 heterocycles. The number of benzene rings is 1. The highest BCUT2D eigenvalue weighted by Crippen LogP contribution is 2.34. The maximum absolute atomic E-state index is 12.1. The second-order valence-corrected chi connectivity index (χ2v) is 5.73. The quantitative estimate of drug-likeness (QED) is 0.402. The molecule has 4 N–H and O–H groups in total. The number of nitrogens with one attached hydrogen (secondary N) is 1. The fourth-order valence-corrected chi connectivity index (χ4v) is 2.40. The molecule has 0 aliphatic heterocycles. The number of anilines is 1. The van der Waals surface area contributed by atoms with Crippen LogP contribution in [0.2, 0.25) is 15.2 Å². The SMILES string of the molecule is CCOc1cccc(/C=N/NC(=O)c2nc(Cl)c(Cl)c(N)c2Cl)c1O. The van der Waals surface area contributed by atoms with E-state index in [1.54, 1.807) is 25.1 Å². The van der Waals surface area contributed by atoms with E-state index in [1.807, 2.05) is 0 Å². The summed E-state index contributed by atoms with van der Waals surface area (Å²) in [6.45, 7) is 2.19. The van der Waals surface area contributed by atoms with Crippen molar-refractivity contribution in [3.05, 3.63) is 44.7 Å². The van der Waals surface area contributed by atoms with Crippen molar-refractivity contribution in [2.75, 3.05) is 12.3 Å². The van der Waals surface area contributed by atoms with Gasteiger partial charge in [-0.2, -0.15) is 5.10 Å². The highest BCUT2D eigenvalue weighted by molar-refractivity contribution is 6.46. The van der Waals surface area contributed by atoms with E-state index in [0.717, 1.165) is 0 Å². The highest BCUT2D eigenvalue weighted by atomic mass is 35.5. The molecule has 0 aliphatic carbocycles. The van der Waals surface area contributed by atoms with Crippen LogP contribution in [0.3, 0.4) is 0 Å². The fourth-order valence-electron chi connectivity index (χ4n) is 1.81. The Hall–Kier alpha value is -2.22. The number of aromatic nitrogens is 1. The lowest BCUT2D eigenvalue weighted by Crippen LogP contribution is -2.20. The number of phenolic OH excluding ortho intramolecular Hbond substituents is 1. The number of halogens is 3. The van der Waals surface area contributed by atoms with Gasteiger partial charge >= 0.3 is 0 Å². The predicted octanol–water partition coefficient (Wildman–Crippen LogP) is 3.49. The van der Waals surface area contributed by atoms with E-state index in [0.29, 0.717) is 17.9 Å². The highest BCUT2D eigenvalue weighted by Gasteiger charge is 2.19. The van der Waals surface area contributed by atoms with Crippen molar-refractivity contribution in [1.29, 1.82) is 0 Å². The average Bonchev–Trinajstić information content (AvgIpc) is 2.59. The van der Waals surface area contributed by atoms with Crippen molar-refractivity contribution < 1.29 is 14.6 Å². The van der Waals surface area contributed by atoms with E-state index in [1.165, 1.54) is 6.21 Å². The van der Waals surface area contributed by atoms with Gasteiger partial charge in [0.05, 0.1) is 23.5 Å². The number of hydrazone groups is 1. The number of phenols is 1. The van der Waals surface area contributed by atoms with Crippen molar-refractivity contribution in [2.45, 2.75) is 6.92 Å². The first-order chi connectivity index (χ1) is 11.9. The zero-order valence-corrected chi connectivity index (χ0v) is 15.2. The number of para-hydroxylation sites is 1. The number of carbonyl (C=O) groups is 1. The number of rotatable bonds is 5. The van der Waals surface area contributed by atoms with Crippen LogP contribution >= 0.6 is 34.8 Å². The smallest absolute Gasteiger partial charge is 0.291 e. The summed E-state index contributed by atoms with van der Waals surface area (Å²) in [6, 6.07) is 4.87. The Bertz CT molecular complexity index is 843. The van der Waals surface area contributed by atoms with Gasteiger partial charge in [-0.15, -0.1) is 0 Å². The Morgan fingerprint density at radius 1 is 1.40 bits per heavy atom. The van der Waals surface area contributed by atoms with Gasteiger partial charge < -0.3 is 15.6 Å². The summed E-state index contributed by atoms with van der Waals surface area (Å²) in [5, 5.41) is 13.5. The number of amides is 1. The van der Waals surface area contributed by atoms with Gasteiger partial charge in [-0.3, -0.25) is 4.79 Å². The number of hydrogen-bond donors (Lipinski definition) is 3. The van der Waals surface area contributed by atoms with Crippen LogP contribution in [-0.2, 0) is 0 Å². The van der Waals surface area contributed by atoms with Crippen LogP contribution in [-0.4, -0.2) is 28.8 Å². The van der Waals surface area contributed by atoms with Crippen molar-refractivity contribution in [3.8, 4) is 11.5 Å². The second-order valence-electron chi connectivity index (χ2n) is 4.62. The minimum atomic E-state index is -0.744. The first kappa shape index (κ1) is 19.1. The molecule has 7 nitrogen and oxygen atoms in total. The monoisotopic (exact) mass is 402 g/mol. The molecule has 0 saturated heterocycles. The summed E-state index contributed by atoms with van der Waals surface area (Å²) < 4.78 is 5.26. The van der Waals surface area contributed by atoms with Gasteiger partial charge in [0, 0.05) is 5.56 Å². The first-order valence-electron chi connectivity index (χ1n) is 6.94. The van der Waals surface area contributed by atoms with Crippen LogP contribution in [0.1, 0.15) is 23.0 Å². The summed E-state index contributed by atoms with van der Waals surface area (Å²) in [5.41, 5.74) is 7.93. The molecule has 1 aromatic heterocycles. The van der Waals surface area contributed by atoms with Gasteiger partial charge in [0.1, 0.15) is 5.02 Å². The van der Waals surface area contributed by atoms with E-state index in [9.17, 15) is 9.90 Å². The van der Waals surface area contributed by atoms with Crippen molar-refractivity contribution in [2.24, 2.45) is 5.10 Å². The maximum Gasteiger partial charge on any atom is 0.291 e. The molecule has 0 spiro atoms. The molecule has 0 radical (unpaired) electrons. The standard InChI is InChI=1S/C15H13Cl3N4O3/c1-2-25-8-5-3-4-7(13(8)23)6-20-22-15(24)12-9(16)11(19)10(17)14(18)21-12/h3-6,23H,2H2,1H3,(H2,19,21)(H,22,24)/b20-6+. The minimum absolute atomic E-state index is 0.0376. The zero-order chi connectivity index (χ0) is 18.6. The Labute approximate surface area is 158 Å². The number of nitrogens with zero attached hydrogens (tertiary/aromatic N) is 2. The summed E-state index contributed by atoms with van der Waals surface area (Å²) in [5.74, 6) is -0.538. The minimum Gasteiger partial charge on any atom is -0.504 e. The largest absolute Gasteiger partial charge is 0.504 e. The number of carbonyl (C=O) groups excluding carboxylic acids is 1. The van der Waals surface area contributed by atoms with Gasteiger partial charge in [0.2, 0.25) is 0 Å². The lowest BCUT2D eigenvalue weighted by atomic mass is 10.2. The number of ether oxygens (including phenoxy) is 1. The Morgan fingerprint density at radius 3 is 2.80 bits per heavy atom. The van der Waals surface area contributed by atoms with Crippen LogP contribution < -0.4 is 15.9 Å². The lowest BCUT2D eigenvalue weighted by molar-refractivity contribution is 0.0950. The van der Waals surface area contributed by atoms with E-state index in [4.69, 9.17) is 45.3 Å². The van der Waals surface area contributed by atoms with Crippen LogP contribution in [0.5, 0.6) is 11.5 Å². The number of nitrogen functional groups attached to an aromatic ring is 1. The first-order valence-corrected chi connectivity index (χ1v) is 8.08. The van der Waals surface area contributed by atoms with Gasteiger partial charge in [-0.25, -0.2) is 10.4 Å². The number of pyridine rings is 1. The van der Waals surface area contributed by atoms with E-state index in [-0.39, 0.29) is 32.3 Å². The second kappa shape index (κ2) is 8.24. The van der Waals surface area contributed by atoms with E-state index >= 15 is 0 Å². The third-order valence-electron chi connectivity index (χ3n) is 2.99. The van der Waals surface area contributed by atoms with Crippen LogP contribution in [0, 0.1) is 0 Å². The molecule has 2 rings (SSSR count). The molecule has 0 fully saturated rings. The number of hydrogen-bond acceptors (Lipinski definition) is 6. The van der Waals surface area contributed by atoms with Gasteiger partial charge in [0.15, 0.2) is 22.3 Å². The Kier molecular flexibility index (Phi) is 6.30. The third kappa shape index (κ3) is 4.25. The molecule has 10 heteroatoms. The summed E-state index contributed by atoms with van der Waals surface area (Å²) >= 11 is 17.5. The van der Waals surface area contributed by atoms with E-state index < -0.39 is 5.91 Å². The molecular formula is C15H13Cl3N4O3. The lowest BCUT2D eigenvalue weighted by Gasteiger charge is -2.08. The molecule has 2 aromatic rings. The molecular weight excluding hydrogens is 391 g/mol. The number of aromatic hydroxyl groups is 1. The summed E-state index contributed by atoms with van der Waals surface area (Å²) in [7, 11) is 0. The van der Waals surface area contributed by atoms with Gasteiger partial charge in [0.25, 0.3) is 5.91 Å². The fraction of sp³-hybridized carbons (Fsp3) is 0.133. The number of nitrogens with two attached hydrogens (primary N) is 1. The van der Waals surface area contributed by atoms with Crippen molar-refractivity contribution in [3.63, 3.8) is 0 Å². The van der Waals surface area contributed by atoms with Gasteiger partial charge in [-0.1, -0.05) is 40.9 Å². The predicted molar refractivity (Wildman–Crippen MR) is 98.0 cm³/mol. The molecule has 0 atom stereocenters. The Balaban J connectivity index is 2.18. The van der Waals surface area contributed by atoms with Gasteiger partial charge in [-0.05, 0) is 19.1 Å². The Morgan fingerprint density at radius 2 is 2.12 bits per heavy atom. The maximum atomic E-state index is 12.1. The van der Waals surface area contributed by atoms with Crippen molar-refractivity contribution >= 4 is 52.6 Å². The molecule has 0 unspecified atom stereocenters. The molecule has 25 heavy (non-hydrogen) atoms. The zero-order valence-electron chi connectivity index (χ0n) is 12.9. The molecule has 0 saturated carbocycles. The van der Waals surface area contributed by atoms with Crippen LogP contribution in [0.15, 0.2) is 23.3 Å². The topological polar surface area (TPSA) is 110 Å². The molecule has 132 valence electrons. The summed E-state index contributed by atoms with van der Waals surface area (Å²) in [6.07, 6.45) is 1.24. The normalized spacial score (nSPS) is 10.9. The molecule has 1 amide bonds.